The highest BCUT2D eigenvalue weighted by Crippen LogP contribution is 2.41. The van der Waals surface area contributed by atoms with Crippen LogP contribution < -0.4 is 0 Å². The summed E-state index contributed by atoms with van der Waals surface area (Å²) in [5.74, 6) is 0.973. The molecule has 4 unspecified atom stereocenters. The Balaban J connectivity index is 2.80. The van der Waals surface area contributed by atoms with Gasteiger partial charge >= 0.3 is 0 Å². The molecule has 1 aliphatic carbocycles. The van der Waals surface area contributed by atoms with Crippen molar-refractivity contribution in [3.05, 3.63) is 0 Å². The van der Waals surface area contributed by atoms with Crippen LogP contribution in [0.15, 0.2) is 0 Å². The first-order valence-corrected chi connectivity index (χ1v) is 7.42. The van der Waals surface area contributed by atoms with E-state index in [0.717, 1.165) is 18.8 Å². The molecule has 1 aliphatic rings. The molecule has 1 rings (SSSR count). The minimum atomic E-state index is 0.225. The fraction of sp³-hybridized carbons (Fsp3) is 0.938. The van der Waals surface area contributed by atoms with Crippen LogP contribution in [-0.2, 0) is 0 Å². The first-order valence-electron chi connectivity index (χ1n) is 7.42. The zero-order chi connectivity index (χ0) is 13.9. The second kappa shape index (κ2) is 6.06. The van der Waals surface area contributed by atoms with Gasteiger partial charge in [-0.2, -0.15) is 5.26 Å². The van der Waals surface area contributed by atoms with E-state index >= 15 is 0 Å². The Morgan fingerprint density at radius 1 is 1.33 bits per heavy atom. The average Bonchev–Trinajstić information content (AvgIpc) is 2.35. The Bertz CT molecular complexity index is 297. The summed E-state index contributed by atoms with van der Waals surface area (Å²) < 4.78 is 0. The maximum atomic E-state index is 9.38. The summed E-state index contributed by atoms with van der Waals surface area (Å²) in [6.07, 6.45) is 4.63. The highest BCUT2D eigenvalue weighted by Gasteiger charge is 2.38. The fourth-order valence-electron chi connectivity index (χ4n) is 3.15. The van der Waals surface area contributed by atoms with E-state index in [1.165, 1.54) is 12.8 Å². The predicted octanol–water partition coefficient (Wildman–Crippen LogP) is 4.07. The predicted molar refractivity (Wildman–Crippen MR) is 77.2 cm³/mol. The van der Waals surface area contributed by atoms with Crippen molar-refractivity contribution in [2.24, 2.45) is 17.3 Å². The molecule has 0 aromatic heterocycles. The minimum absolute atomic E-state index is 0.225. The molecule has 4 atom stereocenters. The molecular weight excluding hydrogens is 220 g/mol. The van der Waals surface area contributed by atoms with E-state index in [-0.39, 0.29) is 5.92 Å². The van der Waals surface area contributed by atoms with E-state index in [4.69, 9.17) is 0 Å². The van der Waals surface area contributed by atoms with Crippen molar-refractivity contribution in [3.63, 3.8) is 0 Å². The molecule has 2 nitrogen and oxygen atoms in total. The van der Waals surface area contributed by atoms with E-state index in [1.54, 1.807) is 0 Å². The van der Waals surface area contributed by atoms with Crippen LogP contribution >= 0.6 is 0 Å². The molecule has 1 fully saturated rings. The van der Waals surface area contributed by atoms with Crippen molar-refractivity contribution < 1.29 is 0 Å². The molecule has 0 aromatic rings. The van der Waals surface area contributed by atoms with E-state index in [2.05, 4.69) is 52.6 Å². The highest BCUT2D eigenvalue weighted by atomic mass is 15.2. The Kier molecular flexibility index (Phi) is 5.22. The second-order valence-electron chi connectivity index (χ2n) is 7.10. The zero-order valence-corrected chi connectivity index (χ0v) is 13.0. The van der Waals surface area contributed by atoms with Gasteiger partial charge in [0, 0.05) is 12.1 Å². The summed E-state index contributed by atoms with van der Waals surface area (Å²) in [5, 5.41) is 9.38. The Labute approximate surface area is 113 Å². The molecule has 104 valence electrons. The van der Waals surface area contributed by atoms with Crippen molar-refractivity contribution in [1.29, 1.82) is 5.26 Å². The molecule has 1 saturated carbocycles. The van der Waals surface area contributed by atoms with Crippen LogP contribution in [0.5, 0.6) is 0 Å². The molecule has 0 bridgehead atoms. The van der Waals surface area contributed by atoms with Crippen molar-refractivity contribution in [2.75, 3.05) is 7.05 Å². The molecule has 0 heterocycles. The van der Waals surface area contributed by atoms with Crippen LogP contribution in [0.2, 0.25) is 0 Å². The van der Waals surface area contributed by atoms with Gasteiger partial charge in [-0.15, -0.1) is 0 Å². The van der Waals surface area contributed by atoms with Crippen molar-refractivity contribution in [3.8, 4) is 6.07 Å². The minimum Gasteiger partial charge on any atom is -0.299 e. The highest BCUT2D eigenvalue weighted by molar-refractivity contribution is 4.99. The van der Waals surface area contributed by atoms with Crippen molar-refractivity contribution in [1.82, 2.24) is 4.90 Å². The number of rotatable bonds is 3. The number of nitriles is 1. The standard InChI is InChI=1S/C16H30N2/c1-7-12(2)18(6)15-10-14(16(3,4)5)9-8-13(15)11-17/h12-15H,7-10H2,1-6H3. The van der Waals surface area contributed by atoms with Crippen LogP contribution in [0.3, 0.4) is 0 Å². The second-order valence-corrected chi connectivity index (χ2v) is 7.10. The topological polar surface area (TPSA) is 27.0 Å². The van der Waals surface area contributed by atoms with Gasteiger partial charge in [-0.25, -0.2) is 0 Å². The van der Waals surface area contributed by atoms with Crippen molar-refractivity contribution in [2.45, 2.75) is 72.4 Å². The largest absolute Gasteiger partial charge is 0.299 e. The van der Waals surface area contributed by atoms with Crippen LogP contribution in [0, 0.1) is 28.6 Å². The third-order valence-electron chi connectivity index (χ3n) is 5.02. The van der Waals surface area contributed by atoms with Gasteiger partial charge in [-0.05, 0) is 51.0 Å². The molecule has 0 spiro atoms. The van der Waals surface area contributed by atoms with Gasteiger partial charge in [0.25, 0.3) is 0 Å². The lowest BCUT2D eigenvalue weighted by molar-refractivity contribution is 0.0546. The molecular formula is C16H30N2. The maximum absolute atomic E-state index is 9.38. The van der Waals surface area contributed by atoms with Gasteiger partial charge in [-0.3, -0.25) is 4.90 Å². The summed E-state index contributed by atoms with van der Waals surface area (Å²) in [4.78, 5) is 2.45. The van der Waals surface area contributed by atoms with Gasteiger partial charge in [0.1, 0.15) is 0 Å². The molecule has 18 heavy (non-hydrogen) atoms. The lowest BCUT2D eigenvalue weighted by atomic mass is 9.67. The quantitative estimate of drug-likeness (QED) is 0.755. The average molecular weight is 250 g/mol. The van der Waals surface area contributed by atoms with E-state index in [1.807, 2.05) is 0 Å². The van der Waals surface area contributed by atoms with Gasteiger partial charge in [0.2, 0.25) is 0 Å². The Morgan fingerprint density at radius 2 is 1.94 bits per heavy atom. The molecule has 0 radical (unpaired) electrons. The third-order valence-corrected chi connectivity index (χ3v) is 5.02. The maximum Gasteiger partial charge on any atom is 0.0672 e. The SMILES string of the molecule is CCC(C)N(C)C1CC(C(C)(C)C)CCC1C#N. The van der Waals surface area contributed by atoms with E-state index < -0.39 is 0 Å². The summed E-state index contributed by atoms with van der Waals surface area (Å²) in [7, 11) is 2.20. The van der Waals surface area contributed by atoms with Gasteiger partial charge < -0.3 is 0 Å². The molecule has 0 amide bonds. The molecule has 0 saturated heterocycles. The lowest BCUT2D eigenvalue weighted by Gasteiger charge is -2.44. The molecule has 0 aromatic carbocycles. The first-order chi connectivity index (χ1) is 8.31. The van der Waals surface area contributed by atoms with Gasteiger partial charge in [-0.1, -0.05) is 27.7 Å². The van der Waals surface area contributed by atoms with Gasteiger partial charge in [0.05, 0.1) is 12.0 Å². The summed E-state index contributed by atoms with van der Waals surface area (Å²) in [6.45, 7) is 11.5. The number of hydrogen-bond donors (Lipinski definition) is 0. The van der Waals surface area contributed by atoms with Crippen LogP contribution in [-0.4, -0.2) is 24.0 Å². The Morgan fingerprint density at radius 3 is 2.39 bits per heavy atom. The van der Waals surface area contributed by atoms with E-state index in [0.29, 0.717) is 17.5 Å². The summed E-state index contributed by atoms with van der Waals surface area (Å²) in [5.41, 5.74) is 0.370. The lowest BCUT2D eigenvalue weighted by Crippen LogP contribution is -2.47. The number of hydrogen-bond acceptors (Lipinski definition) is 2. The Hall–Kier alpha value is -0.550. The normalized spacial score (nSPS) is 31.1. The molecule has 0 N–H and O–H groups in total. The van der Waals surface area contributed by atoms with Crippen LogP contribution in [0.4, 0.5) is 0 Å². The summed E-state index contributed by atoms with van der Waals surface area (Å²) >= 11 is 0. The fourth-order valence-corrected chi connectivity index (χ4v) is 3.15. The molecule has 0 aliphatic heterocycles. The van der Waals surface area contributed by atoms with Gasteiger partial charge in [0.15, 0.2) is 0 Å². The van der Waals surface area contributed by atoms with Crippen molar-refractivity contribution >= 4 is 0 Å². The van der Waals surface area contributed by atoms with Crippen LogP contribution in [0.1, 0.15) is 60.3 Å². The smallest absolute Gasteiger partial charge is 0.0672 e. The van der Waals surface area contributed by atoms with E-state index in [9.17, 15) is 5.26 Å². The summed E-state index contributed by atoms with van der Waals surface area (Å²) in [6, 6.07) is 3.57. The third kappa shape index (κ3) is 3.48. The monoisotopic (exact) mass is 250 g/mol. The zero-order valence-electron chi connectivity index (χ0n) is 13.0. The first kappa shape index (κ1) is 15.5. The number of nitrogens with zero attached hydrogens (tertiary/aromatic N) is 2. The van der Waals surface area contributed by atoms with Crippen LogP contribution in [0.25, 0.3) is 0 Å². The molecule has 2 heteroatoms.